The summed E-state index contributed by atoms with van der Waals surface area (Å²) in [5.74, 6) is -0.411. The molecule has 0 aromatic heterocycles. The van der Waals surface area contributed by atoms with E-state index in [-0.39, 0.29) is 24.0 Å². The first-order chi connectivity index (χ1) is 15.6. The maximum absolute atomic E-state index is 12.0. The lowest BCUT2D eigenvalue weighted by Crippen LogP contribution is -2.36. The van der Waals surface area contributed by atoms with E-state index in [1.807, 2.05) is 25.2 Å². The molecule has 0 heterocycles. The van der Waals surface area contributed by atoms with Crippen LogP contribution in [0.3, 0.4) is 0 Å². The molecule has 0 radical (unpaired) electrons. The predicted molar refractivity (Wildman–Crippen MR) is 134 cm³/mol. The molecule has 1 aliphatic carbocycles. The standard InChI is InChI=1S/C27H49NO5/c1-6-9-14-18-27(5,32)19-17-23-22(24(29)20-25(23)30)15-12-10-11-13-16-26(31)33-21(4)28(7-2)8-3/h10,12,17,19,21-25,29-30,32H,6-9,11,13-16,18,20H2,1-5H3/b12-10+,19-17+/t21?,22-,23-,24?,25?,27?/m1/s1. The summed E-state index contributed by atoms with van der Waals surface area (Å²) in [7, 11) is 0. The Labute approximate surface area is 201 Å². The van der Waals surface area contributed by atoms with Crippen LogP contribution in [0.2, 0.25) is 0 Å². The van der Waals surface area contributed by atoms with Crippen molar-refractivity contribution >= 4 is 5.97 Å². The first kappa shape index (κ1) is 29.8. The van der Waals surface area contributed by atoms with Crippen LogP contribution < -0.4 is 0 Å². The number of allylic oxidation sites excluding steroid dienone is 2. The molecule has 4 unspecified atom stereocenters. The topological polar surface area (TPSA) is 90.2 Å². The lowest BCUT2D eigenvalue weighted by molar-refractivity contribution is -0.157. The molecule has 1 aliphatic rings. The molecule has 0 aliphatic heterocycles. The van der Waals surface area contributed by atoms with E-state index in [1.165, 1.54) is 0 Å². The minimum absolute atomic E-state index is 0.0705. The highest BCUT2D eigenvalue weighted by Crippen LogP contribution is 2.37. The molecule has 0 bridgehead atoms. The van der Waals surface area contributed by atoms with Gasteiger partial charge in [0, 0.05) is 18.8 Å². The second-order valence-corrected chi connectivity index (χ2v) is 9.69. The second-order valence-electron chi connectivity index (χ2n) is 9.69. The van der Waals surface area contributed by atoms with Crippen molar-refractivity contribution < 1.29 is 24.9 Å². The van der Waals surface area contributed by atoms with Gasteiger partial charge in [-0.15, -0.1) is 0 Å². The number of hydrogen-bond donors (Lipinski definition) is 3. The van der Waals surface area contributed by atoms with Crippen molar-refractivity contribution in [3.63, 3.8) is 0 Å². The van der Waals surface area contributed by atoms with Crippen LogP contribution in [0.1, 0.15) is 92.4 Å². The maximum atomic E-state index is 12.0. The van der Waals surface area contributed by atoms with Gasteiger partial charge >= 0.3 is 5.97 Å². The van der Waals surface area contributed by atoms with Gasteiger partial charge in [0.1, 0.15) is 0 Å². The highest BCUT2D eigenvalue weighted by Gasteiger charge is 2.39. The van der Waals surface area contributed by atoms with Gasteiger partial charge in [-0.2, -0.15) is 0 Å². The molecule has 3 N–H and O–H groups in total. The van der Waals surface area contributed by atoms with Crippen molar-refractivity contribution in [2.24, 2.45) is 11.8 Å². The molecule has 6 nitrogen and oxygen atoms in total. The van der Waals surface area contributed by atoms with E-state index in [2.05, 4.69) is 25.7 Å². The molecule has 0 aromatic carbocycles. The average Bonchev–Trinajstić information content (AvgIpc) is 3.02. The van der Waals surface area contributed by atoms with Crippen molar-refractivity contribution in [2.75, 3.05) is 13.1 Å². The maximum Gasteiger partial charge on any atom is 0.307 e. The molecule has 6 heteroatoms. The summed E-state index contributed by atoms with van der Waals surface area (Å²) in [4.78, 5) is 14.1. The number of rotatable bonds is 16. The number of nitrogens with zero attached hydrogens (tertiary/aromatic N) is 1. The van der Waals surface area contributed by atoms with E-state index in [0.717, 1.165) is 45.2 Å². The van der Waals surface area contributed by atoms with Crippen LogP contribution in [0.4, 0.5) is 0 Å². The largest absolute Gasteiger partial charge is 0.447 e. The van der Waals surface area contributed by atoms with Crippen LogP contribution in [0.5, 0.6) is 0 Å². The van der Waals surface area contributed by atoms with Crippen LogP contribution in [0.25, 0.3) is 0 Å². The van der Waals surface area contributed by atoms with Crippen molar-refractivity contribution in [3.05, 3.63) is 24.3 Å². The molecule has 0 aromatic rings. The highest BCUT2D eigenvalue weighted by molar-refractivity contribution is 5.69. The molecule has 1 saturated carbocycles. The van der Waals surface area contributed by atoms with Crippen molar-refractivity contribution in [2.45, 2.75) is 116 Å². The fourth-order valence-corrected chi connectivity index (χ4v) is 4.64. The highest BCUT2D eigenvalue weighted by atomic mass is 16.6. The Balaban J connectivity index is 2.46. The van der Waals surface area contributed by atoms with Gasteiger partial charge in [-0.3, -0.25) is 9.69 Å². The van der Waals surface area contributed by atoms with Gasteiger partial charge < -0.3 is 20.1 Å². The number of hydrogen-bond acceptors (Lipinski definition) is 6. The molecule has 0 spiro atoms. The summed E-state index contributed by atoms with van der Waals surface area (Å²) >= 11 is 0. The Morgan fingerprint density at radius 1 is 1.12 bits per heavy atom. The molecular formula is C27H49NO5. The zero-order chi connectivity index (χ0) is 24.9. The van der Waals surface area contributed by atoms with E-state index in [4.69, 9.17) is 4.74 Å². The van der Waals surface area contributed by atoms with Crippen LogP contribution in [0.15, 0.2) is 24.3 Å². The van der Waals surface area contributed by atoms with Gasteiger partial charge in [-0.05, 0) is 58.5 Å². The SMILES string of the molecule is CCCCCC(C)(O)/C=C/[C@H]1C(O)CC(O)[C@@H]1C/C=C/CCCC(=O)OC(C)N(CC)CC. The average molecular weight is 468 g/mol. The quantitative estimate of drug-likeness (QED) is 0.133. The van der Waals surface area contributed by atoms with Crippen LogP contribution in [-0.2, 0) is 9.53 Å². The van der Waals surface area contributed by atoms with Gasteiger partial charge in [0.05, 0.1) is 17.8 Å². The van der Waals surface area contributed by atoms with Crippen LogP contribution in [0, 0.1) is 11.8 Å². The zero-order valence-electron chi connectivity index (χ0n) is 21.6. The molecule has 1 fully saturated rings. The number of ether oxygens (including phenoxy) is 1. The molecule has 192 valence electrons. The number of aliphatic hydroxyl groups is 3. The Kier molecular flexibility index (Phi) is 14.1. The molecule has 33 heavy (non-hydrogen) atoms. The predicted octanol–water partition coefficient (Wildman–Crippen LogP) is 4.58. The van der Waals surface area contributed by atoms with E-state index < -0.39 is 17.8 Å². The Bertz CT molecular complexity index is 599. The van der Waals surface area contributed by atoms with E-state index in [0.29, 0.717) is 25.7 Å². The monoisotopic (exact) mass is 467 g/mol. The molecular weight excluding hydrogens is 418 g/mol. The summed E-state index contributed by atoms with van der Waals surface area (Å²) < 4.78 is 5.48. The Hall–Kier alpha value is -1.21. The van der Waals surface area contributed by atoms with E-state index in [9.17, 15) is 20.1 Å². The molecule has 0 saturated heterocycles. The van der Waals surface area contributed by atoms with Gasteiger partial charge in [0.25, 0.3) is 0 Å². The van der Waals surface area contributed by atoms with E-state index in [1.54, 1.807) is 13.0 Å². The second kappa shape index (κ2) is 15.6. The van der Waals surface area contributed by atoms with Gasteiger partial charge in [-0.25, -0.2) is 0 Å². The Morgan fingerprint density at radius 2 is 1.82 bits per heavy atom. The third-order valence-corrected chi connectivity index (χ3v) is 6.84. The van der Waals surface area contributed by atoms with Gasteiger partial charge in [0.2, 0.25) is 0 Å². The normalized spacial score (nSPS) is 26.3. The summed E-state index contributed by atoms with van der Waals surface area (Å²) in [5.41, 5.74) is -0.889. The number of esters is 1. The van der Waals surface area contributed by atoms with Gasteiger partial charge in [-0.1, -0.05) is 64.3 Å². The minimum Gasteiger partial charge on any atom is -0.447 e. The summed E-state index contributed by atoms with van der Waals surface area (Å²) in [6, 6.07) is 0. The fourth-order valence-electron chi connectivity index (χ4n) is 4.64. The van der Waals surface area contributed by atoms with Gasteiger partial charge in [0.15, 0.2) is 6.23 Å². The molecule has 1 rings (SSSR count). The minimum atomic E-state index is -0.889. The lowest BCUT2D eigenvalue weighted by Gasteiger charge is -2.25. The summed E-state index contributed by atoms with van der Waals surface area (Å²) in [5, 5.41) is 31.4. The van der Waals surface area contributed by atoms with E-state index >= 15 is 0 Å². The summed E-state index contributed by atoms with van der Waals surface area (Å²) in [6.07, 6.45) is 13.2. The zero-order valence-corrected chi connectivity index (χ0v) is 21.6. The fraction of sp³-hybridized carbons (Fsp3) is 0.815. The van der Waals surface area contributed by atoms with Crippen molar-refractivity contribution in [3.8, 4) is 0 Å². The first-order valence-corrected chi connectivity index (χ1v) is 13.0. The molecule has 6 atom stereocenters. The number of carbonyl (C=O) groups excluding carboxylic acids is 1. The smallest absolute Gasteiger partial charge is 0.307 e. The lowest BCUT2D eigenvalue weighted by atomic mass is 9.88. The number of aliphatic hydroxyl groups excluding tert-OH is 2. The van der Waals surface area contributed by atoms with Crippen molar-refractivity contribution in [1.29, 1.82) is 0 Å². The first-order valence-electron chi connectivity index (χ1n) is 13.0. The summed E-state index contributed by atoms with van der Waals surface area (Å²) in [6.45, 7) is 11.6. The third kappa shape index (κ3) is 11.2. The molecule has 0 amide bonds. The van der Waals surface area contributed by atoms with Crippen LogP contribution in [-0.4, -0.2) is 63.3 Å². The van der Waals surface area contributed by atoms with Crippen LogP contribution >= 0.6 is 0 Å². The number of carbonyl (C=O) groups is 1. The third-order valence-electron chi connectivity index (χ3n) is 6.84. The Morgan fingerprint density at radius 3 is 2.45 bits per heavy atom. The number of unbranched alkanes of at least 4 members (excludes halogenated alkanes) is 3. The van der Waals surface area contributed by atoms with Crippen molar-refractivity contribution in [1.82, 2.24) is 4.90 Å².